The zero-order valence-electron chi connectivity index (χ0n) is 16.2. The average Bonchev–Trinajstić information content (AvgIpc) is 2.78. The number of ether oxygens (including phenoxy) is 3. The fourth-order valence-electron chi connectivity index (χ4n) is 3.15. The van der Waals surface area contributed by atoms with Crippen LogP contribution in [0.4, 0.5) is 0 Å². The minimum Gasteiger partial charge on any atom is -0.497 e. The molecule has 0 spiro atoms. The highest BCUT2D eigenvalue weighted by Crippen LogP contribution is 2.33. The highest BCUT2D eigenvalue weighted by molar-refractivity contribution is 5.84. The molecule has 0 N–H and O–H groups in total. The van der Waals surface area contributed by atoms with Crippen molar-refractivity contribution < 1.29 is 18.6 Å². The molecule has 0 unspecified atom stereocenters. The van der Waals surface area contributed by atoms with E-state index >= 15 is 0 Å². The third kappa shape index (κ3) is 3.80. The van der Waals surface area contributed by atoms with Crippen LogP contribution in [0, 0.1) is 0 Å². The zero-order valence-corrected chi connectivity index (χ0v) is 16.2. The number of hydrogen-bond acceptors (Lipinski definition) is 5. The number of fused-ring (bicyclic) bond motifs is 1. The van der Waals surface area contributed by atoms with Crippen molar-refractivity contribution in [3.05, 3.63) is 88.8 Å². The maximum absolute atomic E-state index is 13.1. The molecule has 0 aliphatic carbocycles. The molecule has 146 valence electrons. The topological polar surface area (TPSA) is 57.9 Å². The lowest BCUT2D eigenvalue weighted by molar-refractivity contribution is 0.306. The van der Waals surface area contributed by atoms with Crippen LogP contribution in [-0.2, 0) is 6.61 Å². The van der Waals surface area contributed by atoms with Gasteiger partial charge >= 0.3 is 0 Å². The minimum atomic E-state index is -0.135. The number of methoxy groups -OCH3 is 2. The molecule has 5 nitrogen and oxygen atoms in total. The van der Waals surface area contributed by atoms with Gasteiger partial charge in [0.25, 0.3) is 0 Å². The second kappa shape index (κ2) is 8.10. The monoisotopic (exact) mass is 388 g/mol. The number of rotatable bonds is 6. The quantitative estimate of drug-likeness (QED) is 0.462. The van der Waals surface area contributed by atoms with Gasteiger partial charge in [0, 0.05) is 17.7 Å². The maximum atomic E-state index is 13.1. The fraction of sp³-hybridized carbons (Fsp3) is 0.125. The van der Waals surface area contributed by atoms with Crippen LogP contribution in [0.2, 0.25) is 0 Å². The predicted octanol–water partition coefficient (Wildman–Crippen LogP) is 5.06. The molecule has 0 atom stereocenters. The first kappa shape index (κ1) is 18.6. The second-order valence-electron chi connectivity index (χ2n) is 6.48. The summed E-state index contributed by atoms with van der Waals surface area (Å²) in [6.07, 6.45) is 1.45. The van der Waals surface area contributed by atoms with E-state index in [-0.39, 0.29) is 5.43 Å². The van der Waals surface area contributed by atoms with Gasteiger partial charge in [-0.2, -0.15) is 0 Å². The molecular weight excluding hydrogens is 368 g/mol. The van der Waals surface area contributed by atoms with Crippen LogP contribution < -0.4 is 19.6 Å². The zero-order chi connectivity index (χ0) is 20.2. The van der Waals surface area contributed by atoms with E-state index < -0.39 is 0 Å². The Labute approximate surface area is 168 Å². The van der Waals surface area contributed by atoms with Gasteiger partial charge in [-0.25, -0.2) is 0 Å². The average molecular weight is 388 g/mol. The van der Waals surface area contributed by atoms with Crippen LogP contribution >= 0.6 is 0 Å². The molecule has 4 rings (SSSR count). The van der Waals surface area contributed by atoms with E-state index in [2.05, 4.69) is 0 Å². The van der Waals surface area contributed by atoms with Crippen molar-refractivity contribution in [3.63, 3.8) is 0 Å². The van der Waals surface area contributed by atoms with E-state index in [0.29, 0.717) is 46.0 Å². The Morgan fingerprint density at radius 2 is 1.62 bits per heavy atom. The van der Waals surface area contributed by atoms with Gasteiger partial charge in [-0.1, -0.05) is 30.3 Å². The SMILES string of the molecule is COc1ccc(-c2coc3cc(OCc4ccccc4)ccc3c2=O)c(OC)c1. The van der Waals surface area contributed by atoms with Gasteiger partial charge in [-0.3, -0.25) is 4.79 Å². The van der Waals surface area contributed by atoms with Crippen molar-refractivity contribution in [1.82, 2.24) is 0 Å². The first-order valence-corrected chi connectivity index (χ1v) is 9.14. The molecule has 0 saturated carbocycles. The molecule has 5 heteroatoms. The summed E-state index contributed by atoms with van der Waals surface area (Å²) in [5.74, 6) is 1.83. The normalized spacial score (nSPS) is 10.7. The summed E-state index contributed by atoms with van der Waals surface area (Å²) in [6, 6.07) is 20.4. The summed E-state index contributed by atoms with van der Waals surface area (Å²) in [4.78, 5) is 13.1. The van der Waals surface area contributed by atoms with E-state index in [9.17, 15) is 4.79 Å². The molecular formula is C24H20O5. The van der Waals surface area contributed by atoms with E-state index in [1.54, 1.807) is 50.6 Å². The standard InChI is InChI=1S/C24H20O5/c1-26-17-8-10-19(22(12-17)27-2)21-15-29-23-13-18(9-11-20(23)24(21)25)28-14-16-6-4-3-5-7-16/h3-13,15H,14H2,1-2H3. The molecule has 0 radical (unpaired) electrons. The second-order valence-corrected chi connectivity index (χ2v) is 6.48. The summed E-state index contributed by atoms with van der Waals surface area (Å²) in [5.41, 5.74) is 2.47. The van der Waals surface area contributed by atoms with Crippen LogP contribution in [0.25, 0.3) is 22.1 Å². The molecule has 0 fully saturated rings. The molecule has 1 heterocycles. The Hall–Kier alpha value is -3.73. The van der Waals surface area contributed by atoms with Crippen molar-refractivity contribution >= 4 is 11.0 Å². The highest BCUT2D eigenvalue weighted by Gasteiger charge is 2.14. The van der Waals surface area contributed by atoms with Crippen molar-refractivity contribution in [3.8, 4) is 28.4 Å². The van der Waals surface area contributed by atoms with Gasteiger partial charge in [-0.05, 0) is 29.8 Å². The Bertz CT molecular complexity index is 1200. The molecule has 0 bridgehead atoms. The Morgan fingerprint density at radius 1 is 0.828 bits per heavy atom. The number of benzene rings is 3. The van der Waals surface area contributed by atoms with E-state index in [4.69, 9.17) is 18.6 Å². The minimum absolute atomic E-state index is 0.135. The van der Waals surface area contributed by atoms with Gasteiger partial charge in [0.1, 0.15) is 35.7 Å². The summed E-state index contributed by atoms with van der Waals surface area (Å²) >= 11 is 0. The van der Waals surface area contributed by atoms with Crippen LogP contribution in [0.5, 0.6) is 17.2 Å². The van der Waals surface area contributed by atoms with Crippen LogP contribution in [-0.4, -0.2) is 14.2 Å². The van der Waals surface area contributed by atoms with Crippen LogP contribution in [0.3, 0.4) is 0 Å². The molecule has 4 aromatic rings. The third-order valence-electron chi connectivity index (χ3n) is 4.69. The molecule has 0 saturated heterocycles. The first-order valence-electron chi connectivity index (χ1n) is 9.14. The smallest absolute Gasteiger partial charge is 0.200 e. The Balaban J connectivity index is 1.67. The number of hydrogen-bond donors (Lipinski definition) is 0. The van der Waals surface area contributed by atoms with Crippen LogP contribution in [0.15, 0.2) is 82.2 Å². The molecule has 29 heavy (non-hydrogen) atoms. The maximum Gasteiger partial charge on any atom is 0.200 e. The Kier molecular flexibility index (Phi) is 5.20. The van der Waals surface area contributed by atoms with Gasteiger partial charge in [0.05, 0.1) is 25.2 Å². The first-order chi connectivity index (χ1) is 14.2. The van der Waals surface area contributed by atoms with Gasteiger partial charge in [0.15, 0.2) is 0 Å². The summed E-state index contributed by atoms with van der Waals surface area (Å²) in [5, 5.41) is 0.479. The summed E-state index contributed by atoms with van der Waals surface area (Å²) in [6.45, 7) is 0.442. The molecule has 0 amide bonds. The van der Waals surface area contributed by atoms with Gasteiger partial charge < -0.3 is 18.6 Å². The molecule has 1 aromatic heterocycles. The highest BCUT2D eigenvalue weighted by atomic mass is 16.5. The van der Waals surface area contributed by atoms with Crippen molar-refractivity contribution in [2.45, 2.75) is 6.61 Å². The van der Waals surface area contributed by atoms with Crippen molar-refractivity contribution in [1.29, 1.82) is 0 Å². The molecule has 0 aliphatic rings. The van der Waals surface area contributed by atoms with E-state index in [1.165, 1.54) is 6.26 Å². The largest absolute Gasteiger partial charge is 0.497 e. The van der Waals surface area contributed by atoms with Crippen molar-refractivity contribution in [2.75, 3.05) is 14.2 Å². The summed E-state index contributed by atoms with van der Waals surface area (Å²) in [7, 11) is 3.13. The molecule has 0 aliphatic heterocycles. The van der Waals surface area contributed by atoms with Gasteiger partial charge in [0.2, 0.25) is 5.43 Å². The summed E-state index contributed by atoms with van der Waals surface area (Å²) < 4.78 is 22.2. The van der Waals surface area contributed by atoms with Crippen LogP contribution in [0.1, 0.15) is 5.56 Å². The Morgan fingerprint density at radius 3 is 2.38 bits per heavy atom. The molecule has 3 aromatic carbocycles. The predicted molar refractivity (Wildman–Crippen MR) is 112 cm³/mol. The van der Waals surface area contributed by atoms with E-state index in [0.717, 1.165) is 5.56 Å². The van der Waals surface area contributed by atoms with Crippen molar-refractivity contribution in [2.24, 2.45) is 0 Å². The lowest BCUT2D eigenvalue weighted by Crippen LogP contribution is -2.06. The fourth-order valence-corrected chi connectivity index (χ4v) is 3.15. The lowest BCUT2D eigenvalue weighted by Gasteiger charge is -2.11. The van der Waals surface area contributed by atoms with Gasteiger partial charge in [-0.15, -0.1) is 0 Å². The third-order valence-corrected chi connectivity index (χ3v) is 4.69. The lowest BCUT2D eigenvalue weighted by atomic mass is 10.0. The van der Waals surface area contributed by atoms with E-state index in [1.807, 2.05) is 30.3 Å².